The van der Waals surface area contributed by atoms with Crippen LogP contribution in [0.3, 0.4) is 0 Å². The maximum atomic E-state index is 13.2. The lowest BCUT2D eigenvalue weighted by molar-refractivity contribution is 0.155. The van der Waals surface area contributed by atoms with Gasteiger partial charge in [-0.2, -0.15) is 0 Å². The molecule has 7 nitrogen and oxygen atoms in total. The number of nitrogens with one attached hydrogen (secondary N) is 1. The van der Waals surface area contributed by atoms with E-state index in [9.17, 15) is 18.2 Å². The van der Waals surface area contributed by atoms with Crippen LogP contribution in [-0.2, 0) is 38.2 Å². The smallest absolute Gasteiger partial charge is 0.444 e. The third-order valence-electron chi connectivity index (χ3n) is 5.15. The topological polar surface area (TPSA) is 102 Å². The van der Waals surface area contributed by atoms with E-state index < -0.39 is 23.0 Å². The molecule has 0 spiro atoms. The van der Waals surface area contributed by atoms with E-state index in [1.165, 1.54) is 6.07 Å². The largest absolute Gasteiger partial charge is 0.491 e. The lowest BCUT2D eigenvalue weighted by Gasteiger charge is -2.14. The molecule has 1 aliphatic heterocycles. The standard InChI is InChI=1S/C23H22BNO6S/c1-16-7-10-22(21(11-16)25-23(26)30-13-17-5-3-2-4-6-17)32(28,29)15-18-8-9-19-14-31-24(27)20(19)12-18/h2-12,27H,13-15H2,1H3,(H,25,26). The zero-order valence-corrected chi connectivity index (χ0v) is 18.3. The number of sulfone groups is 1. The minimum Gasteiger partial charge on any atom is -0.444 e. The van der Waals surface area contributed by atoms with Crippen molar-refractivity contribution in [3.05, 3.63) is 89.0 Å². The van der Waals surface area contributed by atoms with Gasteiger partial charge in [-0.25, -0.2) is 13.2 Å². The average molecular weight is 451 g/mol. The molecule has 0 bridgehead atoms. The number of carbonyl (C=O) groups excluding carboxylic acids is 1. The average Bonchev–Trinajstić information content (AvgIpc) is 3.13. The maximum absolute atomic E-state index is 13.2. The van der Waals surface area contributed by atoms with E-state index in [1.54, 1.807) is 37.3 Å². The second kappa shape index (κ2) is 9.16. The molecule has 1 heterocycles. The molecule has 0 fully saturated rings. The molecule has 0 aliphatic carbocycles. The molecule has 164 valence electrons. The SMILES string of the molecule is Cc1ccc(S(=O)(=O)Cc2ccc3c(c2)B(O)OC3)c(NC(=O)OCc2ccccc2)c1. The van der Waals surface area contributed by atoms with Crippen molar-refractivity contribution in [1.82, 2.24) is 0 Å². The number of aryl methyl sites for hydroxylation is 1. The van der Waals surface area contributed by atoms with Gasteiger partial charge in [-0.05, 0) is 46.8 Å². The van der Waals surface area contributed by atoms with E-state index in [0.717, 1.165) is 16.7 Å². The summed E-state index contributed by atoms with van der Waals surface area (Å²) in [5.74, 6) is -0.288. The third-order valence-corrected chi connectivity index (χ3v) is 6.89. The summed E-state index contributed by atoms with van der Waals surface area (Å²) in [6.45, 7) is 2.17. The van der Waals surface area contributed by atoms with Gasteiger partial charge in [0, 0.05) is 0 Å². The van der Waals surface area contributed by atoms with Gasteiger partial charge < -0.3 is 14.4 Å². The van der Waals surface area contributed by atoms with Gasteiger partial charge in [0.1, 0.15) is 6.61 Å². The van der Waals surface area contributed by atoms with Crippen LogP contribution in [0.2, 0.25) is 0 Å². The highest BCUT2D eigenvalue weighted by Crippen LogP contribution is 2.27. The van der Waals surface area contributed by atoms with E-state index in [1.807, 2.05) is 30.3 Å². The van der Waals surface area contributed by atoms with Gasteiger partial charge in [0.05, 0.1) is 22.9 Å². The van der Waals surface area contributed by atoms with Crippen molar-refractivity contribution in [3.63, 3.8) is 0 Å². The van der Waals surface area contributed by atoms with E-state index in [4.69, 9.17) is 9.39 Å². The summed E-state index contributed by atoms with van der Waals surface area (Å²) < 4.78 is 36.8. The Morgan fingerprint density at radius 2 is 1.88 bits per heavy atom. The van der Waals surface area contributed by atoms with Gasteiger partial charge >= 0.3 is 13.2 Å². The van der Waals surface area contributed by atoms with Gasteiger partial charge in [0.2, 0.25) is 0 Å². The number of carbonyl (C=O) groups is 1. The molecule has 3 aromatic rings. The molecule has 0 atom stereocenters. The second-order valence-corrected chi connectivity index (χ2v) is 9.60. The van der Waals surface area contributed by atoms with Crippen molar-refractivity contribution in [2.75, 3.05) is 5.32 Å². The first-order valence-electron chi connectivity index (χ1n) is 10.0. The molecule has 2 N–H and O–H groups in total. The van der Waals surface area contributed by atoms with Crippen LogP contribution in [0.15, 0.2) is 71.6 Å². The first-order valence-corrected chi connectivity index (χ1v) is 11.7. The van der Waals surface area contributed by atoms with E-state index in [-0.39, 0.29) is 22.9 Å². The number of fused-ring (bicyclic) bond motifs is 1. The normalized spacial score (nSPS) is 13.0. The number of hydrogen-bond donors (Lipinski definition) is 2. The van der Waals surface area contributed by atoms with Crippen molar-refractivity contribution in [2.45, 2.75) is 30.8 Å². The quantitative estimate of drug-likeness (QED) is 0.559. The molecular formula is C23H22BNO6S. The molecule has 0 saturated carbocycles. The molecule has 0 saturated heterocycles. The van der Waals surface area contributed by atoms with Crippen molar-refractivity contribution in [2.24, 2.45) is 0 Å². The predicted molar refractivity (Wildman–Crippen MR) is 121 cm³/mol. The van der Waals surface area contributed by atoms with Crippen LogP contribution in [-0.4, -0.2) is 26.7 Å². The molecule has 4 rings (SSSR count). The van der Waals surface area contributed by atoms with E-state index in [2.05, 4.69) is 5.32 Å². The summed E-state index contributed by atoms with van der Waals surface area (Å²) in [5, 5.41) is 12.5. The number of ether oxygens (including phenoxy) is 1. The first-order chi connectivity index (χ1) is 15.3. The van der Waals surface area contributed by atoms with Crippen LogP contribution >= 0.6 is 0 Å². The number of rotatable bonds is 6. The molecule has 3 aromatic carbocycles. The summed E-state index contributed by atoms with van der Waals surface area (Å²) in [5.41, 5.74) is 3.70. The van der Waals surface area contributed by atoms with E-state index >= 15 is 0 Å². The van der Waals surface area contributed by atoms with Crippen LogP contribution in [0.5, 0.6) is 0 Å². The fourth-order valence-corrected chi connectivity index (χ4v) is 5.03. The Kier molecular flexibility index (Phi) is 6.32. The Morgan fingerprint density at radius 3 is 2.66 bits per heavy atom. The van der Waals surface area contributed by atoms with Crippen molar-refractivity contribution in [1.29, 1.82) is 0 Å². The Bertz CT molecular complexity index is 1250. The van der Waals surface area contributed by atoms with Gasteiger partial charge in [-0.3, -0.25) is 5.32 Å². The zero-order valence-electron chi connectivity index (χ0n) is 17.4. The summed E-state index contributed by atoms with van der Waals surface area (Å²) in [6.07, 6.45) is -0.742. The molecule has 9 heteroatoms. The molecule has 0 aromatic heterocycles. The Labute approximate surface area is 187 Å². The van der Waals surface area contributed by atoms with Gasteiger partial charge in [-0.1, -0.05) is 54.6 Å². The Hall–Kier alpha value is -3.14. The number of amides is 1. The summed E-state index contributed by atoms with van der Waals surface area (Å²) in [6, 6.07) is 19.0. The van der Waals surface area contributed by atoms with Crippen molar-refractivity contribution >= 4 is 34.2 Å². The molecule has 32 heavy (non-hydrogen) atoms. The molecule has 0 radical (unpaired) electrons. The Balaban J connectivity index is 1.53. The van der Waals surface area contributed by atoms with Crippen molar-refractivity contribution < 1.29 is 27.6 Å². The summed E-state index contributed by atoms with van der Waals surface area (Å²) >= 11 is 0. The summed E-state index contributed by atoms with van der Waals surface area (Å²) in [7, 11) is -4.85. The van der Waals surface area contributed by atoms with E-state index in [0.29, 0.717) is 17.6 Å². The zero-order chi connectivity index (χ0) is 22.7. The number of anilines is 1. The molecule has 1 aliphatic rings. The molecule has 1 amide bonds. The predicted octanol–water partition coefficient (Wildman–Crippen LogP) is 2.94. The lowest BCUT2D eigenvalue weighted by atomic mass is 9.79. The first kappa shape index (κ1) is 22.1. The highest BCUT2D eigenvalue weighted by molar-refractivity contribution is 7.90. The third kappa shape index (κ3) is 5.01. The minimum atomic E-state index is -3.80. The highest BCUT2D eigenvalue weighted by atomic mass is 32.2. The molecular weight excluding hydrogens is 429 g/mol. The minimum absolute atomic E-state index is 0.00272. The number of benzene rings is 3. The van der Waals surface area contributed by atoms with Gasteiger partial charge in [0.25, 0.3) is 0 Å². The van der Waals surface area contributed by atoms with Gasteiger partial charge in [-0.15, -0.1) is 0 Å². The molecule has 0 unspecified atom stereocenters. The number of hydrogen-bond acceptors (Lipinski definition) is 6. The van der Waals surface area contributed by atoms with Crippen LogP contribution in [0.4, 0.5) is 10.5 Å². The summed E-state index contributed by atoms with van der Waals surface area (Å²) in [4.78, 5) is 12.3. The monoisotopic (exact) mass is 451 g/mol. The highest BCUT2D eigenvalue weighted by Gasteiger charge is 2.28. The Morgan fingerprint density at radius 1 is 1.09 bits per heavy atom. The van der Waals surface area contributed by atoms with Gasteiger partial charge in [0.15, 0.2) is 9.84 Å². The lowest BCUT2D eigenvalue weighted by Crippen LogP contribution is -2.28. The van der Waals surface area contributed by atoms with Crippen LogP contribution in [0.25, 0.3) is 0 Å². The fourth-order valence-electron chi connectivity index (χ4n) is 3.53. The van der Waals surface area contributed by atoms with Crippen LogP contribution < -0.4 is 10.8 Å². The fraction of sp³-hybridized carbons (Fsp3) is 0.174. The van der Waals surface area contributed by atoms with Crippen molar-refractivity contribution in [3.8, 4) is 0 Å². The van der Waals surface area contributed by atoms with Crippen LogP contribution in [0.1, 0.15) is 22.3 Å². The second-order valence-electron chi connectivity index (χ2n) is 7.64. The van der Waals surface area contributed by atoms with Crippen LogP contribution in [0, 0.1) is 6.92 Å². The maximum Gasteiger partial charge on any atom is 0.491 e.